The molecule has 1 heterocycles. The quantitative estimate of drug-likeness (QED) is 0.508. The lowest BCUT2D eigenvalue weighted by molar-refractivity contribution is -0.125. The zero-order valence-electron chi connectivity index (χ0n) is 20.7. The van der Waals surface area contributed by atoms with Crippen LogP contribution in [0.4, 0.5) is 16.4 Å². The highest BCUT2D eigenvalue weighted by atomic mass is 16.6. The fraction of sp³-hybridized carbons (Fsp3) is 0.667. The molecule has 0 saturated carbocycles. The van der Waals surface area contributed by atoms with E-state index in [1.165, 1.54) is 11.9 Å². The fourth-order valence-electron chi connectivity index (χ4n) is 2.60. The number of nitrogens with two attached hydrogens (primary N) is 1. The highest BCUT2D eigenvalue weighted by Crippen LogP contribution is 2.22. The Morgan fingerprint density at radius 1 is 1.06 bits per heavy atom. The molecule has 0 aromatic carbocycles. The van der Waals surface area contributed by atoms with Gasteiger partial charge in [0, 0.05) is 20.1 Å². The largest absolute Gasteiger partial charge is 0.444 e. The van der Waals surface area contributed by atoms with E-state index in [9.17, 15) is 14.4 Å². The maximum absolute atomic E-state index is 12.7. The van der Waals surface area contributed by atoms with Gasteiger partial charge in [0.15, 0.2) is 17.3 Å². The molecule has 4 N–H and O–H groups in total. The van der Waals surface area contributed by atoms with Gasteiger partial charge in [-0.05, 0) is 55.4 Å². The lowest BCUT2D eigenvalue weighted by Crippen LogP contribution is -2.51. The van der Waals surface area contributed by atoms with Crippen molar-refractivity contribution in [1.29, 1.82) is 0 Å². The number of primary amides is 1. The number of carbonyl (C=O) groups is 3. The second-order valence-electron chi connectivity index (χ2n) is 9.04. The number of hydrogen-bond acceptors (Lipinski definition) is 8. The van der Waals surface area contributed by atoms with Crippen molar-refractivity contribution in [3.05, 3.63) is 11.4 Å². The first-order valence-corrected chi connectivity index (χ1v) is 10.5. The van der Waals surface area contributed by atoms with Gasteiger partial charge in [0.25, 0.3) is 5.91 Å². The molecule has 0 bridgehead atoms. The minimum Gasteiger partial charge on any atom is -0.444 e. The van der Waals surface area contributed by atoms with Crippen LogP contribution in [0.15, 0.2) is 0 Å². The van der Waals surface area contributed by atoms with Crippen molar-refractivity contribution in [2.75, 3.05) is 24.3 Å². The van der Waals surface area contributed by atoms with Crippen LogP contribution in [0, 0.1) is 6.92 Å². The monoisotopic (exact) mass is 451 g/mol. The maximum Gasteiger partial charge on any atom is 0.410 e. The zero-order chi connectivity index (χ0) is 25.0. The molecular weight excluding hydrogens is 414 g/mol. The Morgan fingerprint density at radius 3 is 2.09 bits per heavy atom. The standard InChI is InChI=1S/C21H37N7O4/c1-11(2)27(9)18-12(3)23-15(16(22)29)17(26-18)24-14(5)25-19(30)13(4)28(10)20(31)32-21(6,7)8/h11,13-14H,1-10H3,(H2,22,29)(H,24,26)(H,25,30)/t13-,14?/m0/s1. The van der Waals surface area contributed by atoms with Gasteiger partial charge in [0.05, 0.1) is 11.9 Å². The van der Waals surface area contributed by atoms with Gasteiger partial charge in [-0.2, -0.15) is 0 Å². The summed E-state index contributed by atoms with van der Waals surface area (Å²) in [5.74, 6) is -0.410. The molecule has 2 atom stereocenters. The van der Waals surface area contributed by atoms with Crippen molar-refractivity contribution in [2.24, 2.45) is 5.73 Å². The molecule has 0 aliphatic heterocycles. The van der Waals surface area contributed by atoms with Gasteiger partial charge in [-0.1, -0.05) is 0 Å². The molecule has 0 aliphatic carbocycles. The number of ether oxygens (including phenoxy) is 1. The third-order valence-electron chi connectivity index (χ3n) is 4.74. The molecule has 180 valence electrons. The summed E-state index contributed by atoms with van der Waals surface area (Å²) in [6, 6.07) is -0.645. The van der Waals surface area contributed by atoms with E-state index in [1.54, 1.807) is 41.5 Å². The van der Waals surface area contributed by atoms with Crippen molar-refractivity contribution < 1.29 is 19.1 Å². The van der Waals surface area contributed by atoms with Crippen LogP contribution in [0.3, 0.4) is 0 Å². The molecular formula is C21H37N7O4. The number of carbonyl (C=O) groups excluding carboxylic acids is 3. The van der Waals surface area contributed by atoms with E-state index >= 15 is 0 Å². The van der Waals surface area contributed by atoms with Crippen LogP contribution < -0.4 is 21.3 Å². The summed E-state index contributed by atoms with van der Waals surface area (Å²) in [4.78, 5) is 48.7. The molecule has 0 saturated heterocycles. The Bertz CT molecular complexity index is 851. The number of rotatable bonds is 8. The summed E-state index contributed by atoms with van der Waals surface area (Å²) in [6.07, 6.45) is -1.24. The third-order valence-corrected chi connectivity index (χ3v) is 4.74. The molecule has 0 spiro atoms. The maximum atomic E-state index is 12.7. The van der Waals surface area contributed by atoms with Crippen LogP contribution in [-0.2, 0) is 9.53 Å². The van der Waals surface area contributed by atoms with E-state index in [0.29, 0.717) is 11.5 Å². The van der Waals surface area contributed by atoms with Gasteiger partial charge in [0.2, 0.25) is 5.91 Å². The first kappa shape index (κ1) is 26.9. The van der Waals surface area contributed by atoms with Crippen molar-refractivity contribution >= 4 is 29.5 Å². The first-order chi connectivity index (χ1) is 14.5. The first-order valence-electron chi connectivity index (χ1n) is 10.5. The summed E-state index contributed by atoms with van der Waals surface area (Å²) in [7, 11) is 3.36. The fourth-order valence-corrected chi connectivity index (χ4v) is 2.60. The molecule has 11 heteroatoms. The summed E-state index contributed by atoms with van der Waals surface area (Å²) in [5, 5.41) is 5.72. The van der Waals surface area contributed by atoms with Crippen LogP contribution in [0.5, 0.6) is 0 Å². The lowest BCUT2D eigenvalue weighted by Gasteiger charge is -2.29. The number of nitrogens with zero attached hydrogens (tertiary/aromatic N) is 4. The Labute approximate surface area is 190 Å². The summed E-state index contributed by atoms with van der Waals surface area (Å²) in [6.45, 7) is 14.3. The average molecular weight is 452 g/mol. The Kier molecular flexibility index (Phi) is 8.81. The van der Waals surface area contributed by atoms with Crippen molar-refractivity contribution in [1.82, 2.24) is 20.2 Å². The van der Waals surface area contributed by atoms with E-state index in [-0.39, 0.29) is 17.6 Å². The van der Waals surface area contributed by atoms with E-state index in [2.05, 4.69) is 20.6 Å². The smallest absolute Gasteiger partial charge is 0.410 e. The molecule has 0 fully saturated rings. The van der Waals surface area contributed by atoms with E-state index in [4.69, 9.17) is 10.5 Å². The lowest BCUT2D eigenvalue weighted by atomic mass is 10.2. The summed E-state index contributed by atoms with van der Waals surface area (Å²) in [5.41, 5.74) is 5.34. The minimum atomic E-state index is -0.795. The molecule has 1 rings (SSSR count). The van der Waals surface area contributed by atoms with Crippen LogP contribution in [0.25, 0.3) is 0 Å². The van der Waals surface area contributed by atoms with Gasteiger partial charge < -0.3 is 26.0 Å². The van der Waals surface area contributed by atoms with Crippen LogP contribution in [0.2, 0.25) is 0 Å². The van der Waals surface area contributed by atoms with Crippen molar-refractivity contribution in [3.8, 4) is 0 Å². The number of amides is 3. The van der Waals surface area contributed by atoms with Gasteiger partial charge in [-0.15, -0.1) is 0 Å². The molecule has 1 aromatic heterocycles. The normalized spacial score (nSPS) is 13.2. The van der Waals surface area contributed by atoms with Gasteiger partial charge in [-0.3, -0.25) is 14.5 Å². The minimum absolute atomic E-state index is 0.0246. The summed E-state index contributed by atoms with van der Waals surface area (Å²) < 4.78 is 5.30. The third kappa shape index (κ3) is 7.24. The Balaban J connectivity index is 3.00. The molecule has 1 unspecified atom stereocenters. The Morgan fingerprint density at radius 2 is 1.62 bits per heavy atom. The van der Waals surface area contributed by atoms with Gasteiger partial charge in [0.1, 0.15) is 11.6 Å². The van der Waals surface area contributed by atoms with Gasteiger partial charge in [-0.25, -0.2) is 14.8 Å². The van der Waals surface area contributed by atoms with Crippen molar-refractivity contribution in [2.45, 2.75) is 79.2 Å². The Hall–Kier alpha value is -3.11. The van der Waals surface area contributed by atoms with Crippen LogP contribution in [-0.4, -0.2) is 70.7 Å². The zero-order valence-corrected chi connectivity index (χ0v) is 20.7. The van der Waals surface area contributed by atoms with E-state index < -0.39 is 35.7 Å². The summed E-state index contributed by atoms with van der Waals surface area (Å²) >= 11 is 0. The molecule has 32 heavy (non-hydrogen) atoms. The van der Waals surface area contributed by atoms with Crippen LogP contribution >= 0.6 is 0 Å². The molecule has 0 radical (unpaired) electrons. The van der Waals surface area contributed by atoms with Crippen LogP contribution in [0.1, 0.15) is 64.6 Å². The SMILES string of the molecule is Cc1nc(C(N)=O)c(NC(C)NC(=O)[C@H](C)N(C)C(=O)OC(C)(C)C)nc1N(C)C(C)C. The highest BCUT2D eigenvalue weighted by Gasteiger charge is 2.28. The number of anilines is 2. The highest BCUT2D eigenvalue weighted by molar-refractivity contribution is 5.96. The van der Waals surface area contributed by atoms with E-state index in [0.717, 1.165) is 0 Å². The molecule has 1 aromatic rings. The second-order valence-corrected chi connectivity index (χ2v) is 9.04. The number of nitrogens with one attached hydrogen (secondary N) is 2. The van der Waals surface area contributed by atoms with Gasteiger partial charge >= 0.3 is 6.09 Å². The molecule has 0 aliphatic rings. The number of aromatic nitrogens is 2. The molecule has 3 amide bonds. The second kappa shape index (κ2) is 10.5. The predicted octanol–water partition coefficient (Wildman–Crippen LogP) is 1.86. The topological polar surface area (TPSA) is 143 Å². The van der Waals surface area contributed by atoms with Crippen molar-refractivity contribution in [3.63, 3.8) is 0 Å². The molecule has 11 nitrogen and oxygen atoms in total. The number of hydrogen-bond donors (Lipinski definition) is 3. The van der Waals surface area contributed by atoms with E-state index in [1.807, 2.05) is 25.8 Å². The number of aryl methyl sites for hydroxylation is 1. The number of likely N-dealkylation sites (N-methyl/N-ethyl adjacent to an activating group) is 1. The predicted molar refractivity (Wildman–Crippen MR) is 124 cm³/mol. The average Bonchev–Trinajstić information content (AvgIpc) is 2.65.